The Bertz CT molecular complexity index is 1330. The first-order valence-corrected chi connectivity index (χ1v) is 11.4. The highest BCUT2D eigenvalue weighted by atomic mass is 32.2. The molecule has 1 aromatic heterocycles. The summed E-state index contributed by atoms with van der Waals surface area (Å²) in [6.07, 6.45) is 0. The van der Waals surface area contributed by atoms with Gasteiger partial charge >= 0.3 is 0 Å². The van der Waals surface area contributed by atoms with Crippen LogP contribution in [0.5, 0.6) is 0 Å². The van der Waals surface area contributed by atoms with Crippen molar-refractivity contribution in [1.82, 2.24) is 14.9 Å². The molecule has 4 aromatic rings. The Morgan fingerprint density at radius 1 is 1.03 bits per heavy atom. The third-order valence-electron chi connectivity index (χ3n) is 5.31. The van der Waals surface area contributed by atoms with E-state index in [0.717, 1.165) is 22.4 Å². The van der Waals surface area contributed by atoms with Gasteiger partial charge in [0.2, 0.25) is 5.91 Å². The van der Waals surface area contributed by atoms with Crippen LogP contribution in [0.3, 0.4) is 0 Å². The summed E-state index contributed by atoms with van der Waals surface area (Å²) in [7, 11) is 0. The number of hydrogen-bond donors (Lipinski definition) is 1. The van der Waals surface area contributed by atoms with Crippen molar-refractivity contribution >= 4 is 28.6 Å². The van der Waals surface area contributed by atoms with Crippen LogP contribution >= 0.6 is 11.8 Å². The molecule has 0 saturated carbocycles. The smallest absolute Gasteiger partial charge is 0.266 e. The number of benzene rings is 3. The summed E-state index contributed by atoms with van der Waals surface area (Å²) in [5.74, 6) is -0.103. The molecule has 162 valence electrons. The molecule has 1 amide bonds. The van der Waals surface area contributed by atoms with Gasteiger partial charge in [-0.15, -0.1) is 0 Å². The van der Waals surface area contributed by atoms with Crippen LogP contribution in [0.4, 0.5) is 0 Å². The number of nitrogens with zero attached hydrogens (tertiary/aromatic N) is 2. The van der Waals surface area contributed by atoms with E-state index in [1.165, 1.54) is 11.8 Å². The van der Waals surface area contributed by atoms with Gasteiger partial charge in [0, 0.05) is 6.54 Å². The number of para-hydroxylation sites is 1. The average Bonchev–Trinajstić information content (AvgIpc) is 2.80. The molecule has 0 aliphatic rings. The second-order valence-corrected chi connectivity index (χ2v) is 9.11. The zero-order valence-corrected chi connectivity index (χ0v) is 19.1. The lowest BCUT2D eigenvalue weighted by molar-refractivity contribution is -0.120. The maximum Gasteiger partial charge on any atom is 0.266 e. The van der Waals surface area contributed by atoms with E-state index < -0.39 is 5.25 Å². The number of nitrogens with one attached hydrogen (secondary N) is 1. The fourth-order valence-corrected chi connectivity index (χ4v) is 4.45. The maximum absolute atomic E-state index is 13.5. The highest BCUT2D eigenvalue weighted by Gasteiger charge is 2.21. The van der Waals surface area contributed by atoms with Gasteiger partial charge < -0.3 is 5.32 Å². The summed E-state index contributed by atoms with van der Waals surface area (Å²) < 4.78 is 1.64. The number of aryl methyl sites for hydroxylation is 2. The minimum atomic E-state index is -0.428. The first kappa shape index (κ1) is 21.8. The molecule has 0 fully saturated rings. The molecular weight excluding hydrogens is 418 g/mol. The summed E-state index contributed by atoms with van der Waals surface area (Å²) in [5.41, 5.74) is 4.33. The van der Waals surface area contributed by atoms with E-state index in [9.17, 15) is 9.59 Å². The molecule has 4 rings (SSSR count). The zero-order valence-electron chi connectivity index (χ0n) is 18.3. The van der Waals surface area contributed by atoms with Crippen molar-refractivity contribution in [2.75, 3.05) is 0 Å². The molecule has 1 unspecified atom stereocenters. The Morgan fingerprint density at radius 2 is 1.75 bits per heavy atom. The van der Waals surface area contributed by atoms with E-state index in [4.69, 9.17) is 4.98 Å². The Labute approximate surface area is 191 Å². The van der Waals surface area contributed by atoms with Crippen molar-refractivity contribution < 1.29 is 4.79 Å². The van der Waals surface area contributed by atoms with Crippen molar-refractivity contribution in [2.24, 2.45) is 0 Å². The Morgan fingerprint density at radius 3 is 2.53 bits per heavy atom. The largest absolute Gasteiger partial charge is 0.351 e. The predicted octanol–water partition coefficient (Wildman–Crippen LogP) is 4.80. The zero-order chi connectivity index (χ0) is 22.7. The third-order valence-corrected chi connectivity index (χ3v) is 6.36. The Hall–Kier alpha value is -3.38. The topological polar surface area (TPSA) is 64.0 Å². The number of aromatic nitrogens is 2. The van der Waals surface area contributed by atoms with E-state index in [1.807, 2.05) is 87.5 Å². The lowest BCUT2D eigenvalue weighted by Gasteiger charge is -2.18. The quantitative estimate of drug-likeness (QED) is 0.343. The van der Waals surface area contributed by atoms with Crippen molar-refractivity contribution in [3.05, 3.63) is 99.8 Å². The molecule has 0 aliphatic carbocycles. The van der Waals surface area contributed by atoms with Crippen LogP contribution in [0.1, 0.15) is 23.6 Å². The molecule has 32 heavy (non-hydrogen) atoms. The average molecular weight is 444 g/mol. The van der Waals surface area contributed by atoms with Crippen molar-refractivity contribution in [3.63, 3.8) is 0 Å². The van der Waals surface area contributed by atoms with E-state index >= 15 is 0 Å². The second kappa shape index (κ2) is 9.40. The lowest BCUT2D eigenvalue weighted by Crippen LogP contribution is -2.31. The molecule has 0 radical (unpaired) electrons. The van der Waals surface area contributed by atoms with Crippen LogP contribution in [-0.4, -0.2) is 20.7 Å². The number of carbonyl (C=O) groups excluding carboxylic acids is 1. The van der Waals surface area contributed by atoms with Crippen LogP contribution in [0.15, 0.2) is 82.7 Å². The van der Waals surface area contributed by atoms with Crippen LogP contribution in [0.25, 0.3) is 16.6 Å². The molecule has 0 aliphatic heterocycles. The van der Waals surface area contributed by atoms with Crippen LogP contribution < -0.4 is 10.9 Å². The minimum absolute atomic E-state index is 0.103. The van der Waals surface area contributed by atoms with Crippen LogP contribution in [-0.2, 0) is 11.3 Å². The molecule has 0 spiro atoms. The van der Waals surface area contributed by atoms with Gasteiger partial charge in [-0.05, 0) is 55.7 Å². The fraction of sp³-hybridized carbons (Fsp3) is 0.192. The number of thioether (sulfide) groups is 1. The molecule has 0 bridgehead atoms. The first-order chi connectivity index (χ1) is 15.4. The molecule has 0 saturated heterocycles. The van der Waals surface area contributed by atoms with Gasteiger partial charge in [0.05, 0.1) is 21.8 Å². The molecule has 1 atom stereocenters. The van der Waals surface area contributed by atoms with E-state index in [1.54, 1.807) is 10.6 Å². The number of carbonyl (C=O) groups is 1. The van der Waals surface area contributed by atoms with Gasteiger partial charge in [-0.2, -0.15) is 0 Å². The van der Waals surface area contributed by atoms with Gasteiger partial charge in [0.25, 0.3) is 5.56 Å². The van der Waals surface area contributed by atoms with Gasteiger partial charge in [0.1, 0.15) is 0 Å². The molecule has 1 N–H and O–H groups in total. The summed E-state index contributed by atoms with van der Waals surface area (Å²) in [6.45, 7) is 6.26. The summed E-state index contributed by atoms with van der Waals surface area (Å²) in [4.78, 5) is 31.0. The van der Waals surface area contributed by atoms with E-state index in [2.05, 4.69) is 5.32 Å². The number of rotatable bonds is 6. The summed E-state index contributed by atoms with van der Waals surface area (Å²) in [6, 6.07) is 23.1. The number of hydrogen-bond acceptors (Lipinski definition) is 4. The Kier molecular flexibility index (Phi) is 6.42. The molecule has 1 heterocycles. The van der Waals surface area contributed by atoms with Gasteiger partial charge in [-0.3, -0.25) is 14.2 Å². The van der Waals surface area contributed by atoms with Gasteiger partial charge in [-0.1, -0.05) is 66.4 Å². The Balaban J connectivity index is 1.70. The third kappa shape index (κ3) is 4.60. The molecular formula is C26H25N3O2S. The molecule has 6 heteroatoms. The van der Waals surface area contributed by atoms with Crippen LogP contribution in [0, 0.1) is 13.8 Å². The number of amides is 1. The normalized spacial score (nSPS) is 12.0. The van der Waals surface area contributed by atoms with E-state index in [-0.39, 0.29) is 11.5 Å². The lowest BCUT2D eigenvalue weighted by atomic mass is 10.1. The van der Waals surface area contributed by atoms with E-state index in [0.29, 0.717) is 22.6 Å². The minimum Gasteiger partial charge on any atom is -0.351 e. The van der Waals surface area contributed by atoms with Crippen molar-refractivity contribution in [1.29, 1.82) is 0 Å². The maximum atomic E-state index is 13.5. The van der Waals surface area contributed by atoms with Crippen LogP contribution in [0.2, 0.25) is 0 Å². The predicted molar refractivity (Wildman–Crippen MR) is 130 cm³/mol. The fourth-order valence-electron chi connectivity index (χ4n) is 3.50. The van der Waals surface area contributed by atoms with Crippen molar-refractivity contribution in [2.45, 2.75) is 37.7 Å². The molecule has 5 nitrogen and oxygen atoms in total. The second-order valence-electron chi connectivity index (χ2n) is 7.81. The summed E-state index contributed by atoms with van der Waals surface area (Å²) in [5, 5.41) is 3.61. The highest BCUT2D eigenvalue weighted by Crippen LogP contribution is 2.27. The number of fused-ring (bicyclic) bond motifs is 1. The monoisotopic (exact) mass is 443 g/mol. The molecule has 3 aromatic carbocycles. The van der Waals surface area contributed by atoms with Crippen molar-refractivity contribution in [3.8, 4) is 5.69 Å². The summed E-state index contributed by atoms with van der Waals surface area (Å²) >= 11 is 1.29. The van der Waals surface area contributed by atoms with Gasteiger partial charge in [0.15, 0.2) is 5.16 Å². The van der Waals surface area contributed by atoms with Gasteiger partial charge in [-0.25, -0.2) is 4.98 Å². The highest BCUT2D eigenvalue weighted by molar-refractivity contribution is 8.00. The SMILES string of the molecule is Cc1ccc(C)c(-n2c(SC(C)C(=O)NCc3ccccc3)nc3ccccc3c2=O)c1. The standard InChI is InChI=1S/C26H25N3O2S/c1-17-13-14-18(2)23(15-17)29-25(31)21-11-7-8-12-22(21)28-26(29)32-19(3)24(30)27-16-20-9-5-4-6-10-20/h4-15,19H,16H2,1-3H3,(H,27,30). The first-order valence-electron chi connectivity index (χ1n) is 10.5.